The second-order valence-corrected chi connectivity index (χ2v) is 6.78. The molecule has 134 valence electrons. The normalized spacial score (nSPS) is 11.4. The molecular weight excluding hydrogens is 300 g/mol. The minimum absolute atomic E-state index is 1.12. The molecule has 2 aromatic rings. The quantitative estimate of drug-likeness (QED) is 0.503. The molecule has 0 aromatic heterocycles. The minimum atomic E-state index is 1.12. The Balaban J connectivity index is 0.00000151. The van der Waals surface area contributed by atoms with E-state index in [0.29, 0.717) is 0 Å². The highest BCUT2D eigenvalue weighted by Crippen LogP contribution is 2.31. The molecule has 0 aliphatic carbocycles. The maximum atomic E-state index is 4.37. The summed E-state index contributed by atoms with van der Waals surface area (Å²) in [4.78, 5) is 0. The molecule has 0 aliphatic rings. The van der Waals surface area contributed by atoms with Crippen LogP contribution in [0.3, 0.4) is 0 Å². The minimum Gasteiger partial charge on any atom is -0.0909 e. The number of aryl methyl sites for hydroxylation is 4. The Kier molecular flexibility index (Phi) is 7.42. The lowest BCUT2D eigenvalue weighted by molar-refractivity contribution is 1.25. The van der Waals surface area contributed by atoms with Crippen molar-refractivity contribution in [1.82, 2.24) is 0 Å². The van der Waals surface area contributed by atoms with Gasteiger partial charge in [0.15, 0.2) is 0 Å². The van der Waals surface area contributed by atoms with E-state index >= 15 is 0 Å². The van der Waals surface area contributed by atoms with Crippen molar-refractivity contribution in [2.24, 2.45) is 0 Å². The van der Waals surface area contributed by atoms with Gasteiger partial charge < -0.3 is 0 Å². The van der Waals surface area contributed by atoms with E-state index in [4.69, 9.17) is 0 Å². The van der Waals surface area contributed by atoms with Crippen LogP contribution < -0.4 is 0 Å². The fourth-order valence-electron chi connectivity index (χ4n) is 3.05. The second-order valence-electron chi connectivity index (χ2n) is 6.78. The van der Waals surface area contributed by atoms with Crippen molar-refractivity contribution in [3.8, 4) is 0 Å². The van der Waals surface area contributed by atoms with Crippen LogP contribution in [0.25, 0.3) is 11.1 Å². The first-order valence-electron chi connectivity index (χ1n) is 9.25. The van der Waals surface area contributed by atoms with Crippen LogP contribution >= 0.6 is 0 Å². The summed E-state index contributed by atoms with van der Waals surface area (Å²) >= 11 is 0. The van der Waals surface area contributed by atoms with E-state index in [1.165, 1.54) is 50.1 Å². The molecule has 0 amide bonds. The van der Waals surface area contributed by atoms with E-state index < -0.39 is 0 Å². The Hall–Kier alpha value is -2.08. The van der Waals surface area contributed by atoms with Crippen LogP contribution in [0.4, 0.5) is 0 Å². The van der Waals surface area contributed by atoms with Gasteiger partial charge in [-0.25, -0.2) is 0 Å². The van der Waals surface area contributed by atoms with Crippen molar-refractivity contribution >= 4 is 11.1 Å². The highest BCUT2D eigenvalue weighted by Gasteiger charge is 2.10. The zero-order valence-corrected chi connectivity index (χ0v) is 17.6. The Morgan fingerprint density at radius 2 is 1.28 bits per heavy atom. The molecule has 0 saturated heterocycles. The molecule has 0 heterocycles. The van der Waals surface area contributed by atoms with Crippen molar-refractivity contribution in [2.45, 2.75) is 62.3 Å². The van der Waals surface area contributed by atoms with Crippen LogP contribution in [0.2, 0.25) is 0 Å². The molecule has 0 atom stereocenters. The molecule has 0 radical (unpaired) electrons. The van der Waals surface area contributed by atoms with E-state index in [1.54, 1.807) is 0 Å². The molecule has 0 nitrogen and oxygen atoms in total. The van der Waals surface area contributed by atoms with Gasteiger partial charge in [-0.3, -0.25) is 0 Å². The Labute approximate surface area is 155 Å². The molecule has 0 spiro atoms. The lowest BCUT2D eigenvalue weighted by Gasteiger charge is -2.16. The van der Waals surface area contributed by atoms with E-state index in [1.807, 2.05) is 13.8 Å². The van der Waals surface area contributed by atoms with Gasteiger partial charge in [0.1, 0.15) is 0 Å². The largest absolute Gasteiger partial charge is 0.0909 e. The van der Waals surface area contributed by atoms with Gasteiger partial charge in [-0.05, 0) is 98.6 Å². The summed E-state index contributed by atoms with van der Waals surface area (Å²) in [5.41, 5.74) is 12.9. The van der Waals surface area contributed by atoms with E-state index in [0.717, 1.165) is 5.57 Å². The van der Waals surface area contributed by atoms with Crippen LogP contribution in [0.5, 0.6) is 0 Å². The third-order valence-electron chi connectivity index (χ3n) is 5.08. The zero-order chi connectivity index (χ0) is 19.3. The highest BCUT2D eigenvalue weighted by molar-refractivity contribution is 5.88. The van der Waals surface area contributed by atoms with Gasteiger partial charge >= 0.3 is 0 Å². The second kappa shape index (κ2) is 8.85. The van der Waals surface area contributed by atoms with Crippen molar-refractivity contribution in [1.29, 1.82) is 0 Å². The third-order valence-corrected chi connectivity index (χ3v) is 5.08. The first-order chi connectivity index (χ1) is 11.7. The fraction of sp³-hybridized carbons (Fsp3) is 0.360. The summed E-state index contributed by atoms with van der Waals surface area (Å²) < 4.78 is 0. The average molecular weight is 335 g/mol. The van der Waals surface area contributed by atoms with E-state index in [2.05, 4.69) is 85.4 Å². The highest BCUT2D eigenvalue weighted by atomic mass is 14.1. The predicted molar refractivity (Wildman–Crippen MR) is 115 cm³/mol. The summed E-state index contributed by atoms with van der Waals surface area (Å²) in [7, 11) is 0. The lowest BCUT2D eigenvalue weighted by atomic mass is 9.89. The van der Waals surface area contributed by atoms with Crippen LogP contribution in [0.15, 0.2) is 42.5 Å². The smallest absolute Gasteiger partial charge is 0.0158 e. The van der Waals surface area contributed by atoms with E-state index in [-0.39, 0.29) is 0 Å². The van der Waals surface area contributed by atoms with Gasteiger partial charge in [-0.1, -0.05) is 56.3 Å². The van der Waals surface area contributed by atoms with Crippen LogP contribution in [-0.4, -0.2) is 0 Å². The summed E-state index contributed by atoms with van der Waals surface area (Å²) in [6, 6.07) is 11.2. The summed E-state index contributed by atoms with van der Waals surface area (Å²) in [6.07, 6.45) is 0. The number of hydrogen-bond donors (Lipinski definition) is 0. The number of hydrogen-bond acceptors (Lipinski definition) is 0. The number of rotatable bonds is 3. The van der Waals surface area contributed by atoms with Crippen molar-refractivity contribution in [2.75, 3.05) is 0 Å². The molecule has 0 fully saturated rings. The SMILES string of the molecule is C=C(/C(C)=C(\C)c1cc(C)c(C)c(C)c1)c1ccc(C)cc1C.CC. The molecular formula is C25H34. The monoisotopic (exact) mass is 334 g/mol. The van der Waals surface area contributed by atoms with Crippen LogP contribution in [0, 0.1) is 34.6 Å². The molecule has 25 heavy (non-hydrogen) atoms. The van der Waals surface area contributed by atoms with Gasteiger partial charge in [0.25, 0.3) is 0 Å². The van der Waals surface area contributed by atoms with Crippen molar-refractivity contribution in [3.63, 3.8) is 0 Å². The van der Waals surface area contributed by atoms with Crippen molar-refractivity contribution < 1.29 is 0 Å². The average Bonchev–Trinajstić information content (AvgIpc) is 2.59. The molecule has 2 aromatic carbocycles. The number of benzene rings is 2. The zero-order valence-electron chi connectivity index (χ0n) is 17.6. The molecule has 2 rings (SSSR count). The van der Waals surface area contributed by atoms with Crippen molar-refractivity contribution in [3.05, 3.63) is 81.4 Å². The standard InChI is InChI=1S/C23H28.C2H6/c1-14-9-10-23(17(4)11-14)21(8)19(6)20(7)22-12-15(2)18(5)16(3)13-22;1-2/h9-13H,8H2,1-7H3;1-2H3/b20-19+;. The van der Waals surface area contributed by atoms with Crippen LogP contribution in [-0.2, 0) is 0 Å². The summed E-state index contributed by atoms with van der Waals surface area (Å²) in [5, 5.41) is 0. The fourth-order valence-corrected chi connectivity index (χ4v) is 3.05. The first-order valence-corrected chi connectivity index (χ1v) is 9.25. The predicted octanol–water partition coefficient (Wildman–Crippen LogP) is 7.76. The van der Waals surface area contributed by atoms with Gasteiger partial charge in [-0.15, -0.1) is 0 Å². The maximum Gasteiger partial charge on any atom is -0.0158 e. The molecule has 0 saturated carbocycles. The summed E-state index contributed by atoms with van der Waals surface area (Å²) in [5.74, 6) is 0. The summed E-state index contributed by atoms with van der Waals surface area (Å²) in [6.45, 7) is 23.6. The molecule has 0 unspecified atom stereocenters. The van der Waals surface area contributed by atoms with Gasteiger partial charge in [0.2, 0.25) is 0 Å². The topological polar surface area (TPSA) is 0 Å². The lowest BCUT2D eigenvalue weighted by Crippen LogP contribution is -1.95. The van der Waals surface area contributed by atoms with Gasteiger partial charge in [0, 0.05) is 0 Å². The van der Waals surface area contributed by atoms with Crippen LogP contribution in [0.1, 0.15) is 66.6 Å². The maximum absolute atomic E-state index is 4.37. The molecule has 0 bridgehead atoms. The van der Waals surface area contributed by atoms with Gasteiger partial charge in [-0.2, -0.15) is 0 Å². The first kappa shape index (κ1) is 21.0. The molecule has 0 heteroatoms. The third kappa shape index (κ3) is 4.72. The molecule has 0 N–H and O–H groups in total. The number of allylic oxidation sites excluding steroid dienone is 3. The Morgan fingerprint density at radius 3 is 1.76 bits per heavy atom. The Bertz CT molecular complexity index is 778. The van der Waals surface area contributed by atoms with Gasteiger partial charge in [0.05, 0.1) is 0 Å². The molecule has 0 aliphatic heterocycles. The van der Waals surface area contributed by atoms with E-state index in [9.17, 15) is 0 Å². The Morgan fingerprint density at radius 1 is 0.760 bits per heavy atom.